The maximum atomic E-state index is 5.13. The number of aromatic nitrogens is 2. The molecule has 5 aromatic rings. The average Bonchev–Trinajstić information content (AvgIpc) is 2.78. The van der Waals surface area contributed by atoms with Crippen molar-refractivity contribution in [3.8, 4) is 22.4 Å². The summed E-state index contributed by atoms with van der Waals surface area (Å²) in [5, 5.41) is 2.33. The third-order valence-corrected chi connectivity index (χ3v) is 5.38. The van der Waals surface area contributed by atoms with Gasteiger partial charge in [-0.05, 0) is 34.6 Å². The number of benzene rings is 4. The fraction of sp³-hybridized carbons (Fsp3) is 0.111. The van der Waals surface area contributed by atoms with Gasteiger partial charge in [-0.1, -0.05) is 92.7 Å². The summed E-state index contributed by atoms with van der Waals surface area (Å²) < 4.78 is 0. The highest BCUT2D eigenvalue weighted by atomic mass is 14.8. The molecule has 0 aliphatic rings. The fourth-order valence-electron chi connectivity index (χ4n) is 3.88. The lowest BCUT2D eigenvalue weighted by molar-refractivity contribution is 0.826. The Balaban J connectivity index is 1.76. The van der Waals surface area contributed by atoms with Crippen LogP contribution in [0.4, 0.5) is 0 Å². The Labute approximate surface area is 170 Å². The Morgan fingerprint density at radius 2 is 1.31 bits per heavy atom. The Hall–Kier alpha value is -3.52. The van der Waals surface area contributed by atoms with Gasteiger partial charge in [0.05, 0.1) is 22.4 Å². The molecule has 0 aliphatic heterocycles. The van der Waals surface area contributed by atoms with Crippen LogP contribution in [-0.2, 0) is 0 Å². The largest absolute Gasteiger partial charge is 0.249 e. The van der Waals surface area contributed by atoms with Gasteiger partial charge in [-0.2, -0.15) is 0 Å². The van der Waals surface area contributed by atoms with Gasteiger partial charge in [0.25, 0.3) is 0 Å². The normalized spacial score (nSPS) is 11.4. The Bertz CT molecular complexity index is 1310. The minimum atomic E-state index is 0.304. The van der Waals surface area contributed by atoms with E-state index in [0.29, 0.717) is 5.92 Å². The fourth-order valence-corrected chi connectivity index (χ4v) is 3.88. The topological polar surface area (TPSA) is 25.8 Å². The van der Waals surface area contributed by atoms with E-state index in [2.05, 4.69) is 92.7 Å². The second-order valence-electron chi connectivity index (χ2n) is 7.71. The van der Waals surface area contributed by atoms with Crippen LogP contribution in [0.3, 0.4) is 0 Å². The van der Waals surface area contributed by atoms with Gasteiger partial charge >= 0.3 is 0 Å². The lowest BCUT2D eigenvalue weighted by Gasteiger charge is -2.14. The summed E-state index contributed by atoms with van der Waals surface area (Å²) in [6.45, 7) is 4.35. The van der Waals surface area contributed by atoms with Crippen molar-refractivity contribution in [1.29, 1.82) is 0 Å². The van der Waals surface area contributed by atoms with Crippen LogP contribution in [0.15, 0.2) is 91.0 Å². The molecule has 0 unspecified atom stereocenters. The molecule has 0 bridgehead atoms. The summed E-state index contributed by atoms with van der Waals surface area (Å²) in [5.74, 6) is 0.304. The predicted octanol–water partition coefficient (Wildman–Crippen LogP) is 7.24. The highest BCUT2D eigenvalue weighted by molar-refractivity contribution is 6.05. The molecule has 0 amide bonds. The highest BCUT2D eigenvalue weighted by Crippen LogP contribution is 2.32. The van der Waals surface area contributed by atoms with Crippen LogP contribution >= 0.6 is 0 Å². The van der Waals surface area contributed by atoms with Crippen LogP contribution in [-0.4, -0.2) is 9.97 Å². The van der Waals surface area contributed by atoms with Crippen LogP contribution in [0.2, 0.25) is 0 Å². The monoisotopic (exact) mass is 374 g/mol. The van der Waals surface area contributed by atoms with Crippen molar-refractivity contribution in [2.75, 3.05) is 0 Å². The molecule has 5 rings (SSSR count). The first-order chi connectivity index (χ1) is 14.2. The standard InChI is InChI=1S/C27H22N2/c1-18(2)25-26(20-11-7-4-8-12-20)29-27-23-15-13-21(19-9-5-3-6-10-19)17-22(23)14-16-24(27)28-25/h3-18H,1-2H3. The van der Waals surface area contributed by atoms with Gasteiger partial charge in [0.15, 0.2) is 0 Å². The molecule has 0 aliphatic carbocycles. The van der Waals surface area contributed by atoms with E-state index in [1.165, 1.54) is 16.5 Å². The van der Waals surface area contributed by atoms with Gasteiger partial charge in [-0.25, -0.2) is 9.97 Å². The SMILES string of the molecule is CC(C)c1nc2ccc3cc(-c4ccccc4)ccc3c2nc1-c1ccccc1. The zero-order chi connectivity index (χ0) is 19.8. The lowest BCUT2D eigenvalue weighted by Crippen LogP contribution is -2.01. The summed E-state index contributed by atoms with van der Waals surface area (Å²) in [6, 6.07) is 31.7. The van der Waals surface area contributed by atoms with E-state index in [0.717, 1.165) is 33.4 Å². The quantitative estimate of drug-likeness (QED) is 0.311. The second-order valence-corrected chi connectivity index (χ2v) is 7.71. The third-order valence-electron chi connectivity index (χ3n) is 5.38. The Morgan fingerprint density at radius 1 is 0.621 bits per heavy atom. The number of rotatable bonds is 3. The van der Waals surface area contributed by atoms with Crippen molar-refractivity contribution in [2.24, 2.45) is 0 Å². The zero-order valence-electron chi connectivity index (χ0n) is 16.6. The van der Waals surface area contributed by atoms with Crippen molar-refractivity contribution in [3.05, 3.63) is 96.7 Å². The van der Waals surface area contributed by atoms with Gasteiger partial charge in [-0.3, -0.25) is 0 Å². The summed E-state index contributed by atoms with van der Waals surface area (Å²) in [7, 11) is 0. The molecule has 1 aromatic heterocycles. The second kappa shape index (κ2) is 7.14. The Kier molecular flexibility index (Phi) is 4.33. The van der Waals surface area contributed by atoms with Gasteiger partial charge in [0.2, 0.25) is 0 Å². The summed E-state index contributed by atoms with van der Waals surface area (Å²) in [6.07, 6.45) is 0. The average molecular weight is 374 g/mol. The van der Waals surface area contributed by atoms with Gasteiger partial charge in [-0.15, -0.1) is 0 Å². The molecule has 0 atom stereocenters. The van der Waals surface area contributed by atoms with E-state index < -0.39 is 0 Å². The lowest BCUT2D eigenvalue weighted by atomic mass is 9.99. The molecule has 29 heavy (non-hydrogen) atoms. The number of hydrogen-bond donors (Lipinski definition) is 0. The number of fused-ring (bicyclic) bond motifs is 3. The van der Waals surface area contributed by atoms with Crippen LogP contribution in [0.1, 0.15) is 25.5 Å². The van der Waals surface area contributed by atoms with E-state index in [1.54, 1.807) is 0 Å². The van der Waals surface area contributed by atoms with E-state index in [4.69, 9.17) is 9.97 Å². The first-order valence-corrected chi connectivity index (χ1v) is 10.1. The Morgan fingerprint density at radius 3 is 2.00 bits per heavy atom. The van der Waals surface area contributed by atoms with Crippen LogP contribution < -0.4 is 0 Å². The van der Waals surface area contributed by atoms with E-state index in [-0.39, 0.29) is 0 Å². The maximum absolute atomic E-state index is 5.13. The molecule has 0 N–H and O–H groups in total. The van der Waals surface area contributed by atoms with E-state index >= 15 is 0 Å². The molecule has 0 saturated carbocycles. The smallest absolute Gasteiger partial charge is 0.0972 e. The van der Waals surface area contributed by atoms with E-state index in [1.807, 2.05) is 12.1 Å². The van der Waals surface area contributed by atoms with Crippen molar-refractivity contribution >= 4 is 21.8 Å². The maximum Gasteiger partial charge on any atom is 0.0972 e. The summed E-state index contributed by atoms with van der Waals surface area (Å²) in [4.78, 5) is 10.2. The van der Waals surface area contributed by atoms with Crippen LogP contribution in [0, 0.1) is 0 Å². The van der Waals surface area contributed by atoms with Crippen LogP contribution in [0.5, 0.6) is 0 Å². The van der Waals surface area contributed by atoms with Gasteiger partial charge < -0.3 is 0 Å². The summed E-state index contributed by atoms with van der Waals surface area (Å²) in [5.41, 5.74) is 7.49. The van der Waals surface area contributed by atoms with Crippen LogP contribution in [0.25, 0.3) is 44.2 Å². The van der Waals surface area contributed by atoms with Crippen molar-refractivity contribution in [2.45, 2.75) is 19.8 Å². The van der Waals surface area contributed by atoms with E-state index in [9.17, 15) is 0 Å². The molecule has 0 fully saturated rings. The van der Waals surface area contributed by atoms with Crippen molar-refractivity contribution < 1.29 is 0 Å². The number of hydrogen-bond acceptors (Lipinski definition) is 2. The first kappa shape index (κ1) is 17.6. The molecule has 0 saturated heterocycles. The summed E-state index contributed by atoms with van der Waals surface area (Å²) >= 11 is 0. The molecule has 140 valence electrons. The zero-order valence-corrected chi connectivity index (χ0v) is 16.6. The molecule has 1 heterocycles. The molecule has 2 nitrogen and oxygen atoms in total. The molecule has 4 aromatic carbocycles. The first-order valence-electron chi connectivity index (χ1n) is 10.1. The highest BCUT2D eigenvalue weighted by Gasteiger charge is 2.15. The molecule has 2 heteroatoms. The van der Waals surface area contributed by atoms with Gasteiger partial charge in [0.1, 0.15) is 0 Å². The molecule has 0 radical (unpaired) electrons. The molecular formula is C27H22N2. The predicted molar refractivity (Wildman–Crippen MR) is 122 cm³/mol. The van der Waals surface area contributed by atoms with Crippen molar-refractivity contribution in [3.63, 3.8) is 0 Å². The minimum Gasteiger partial charge on any atom is -0.249 e. The van der Waals surface area contributed by atoms with Crippen molar-refractivity contribution in [1.82, 2.24) is 9.97 Å². The molecular weight excluding hydrogens is 352 g/mol. The minimum absolute atomic E-state index is 0.304. The number of nitrogens with zero attached hydrogens (tertiary/aromatic N) is 2. The third kappa shape index (κ3) is 3.17. The molecule has 0 spiro atoms. The van der Waals surface area contributed by atoms with Gasteiger partial charge in [0, 0.05) is 10.9 Å².